The lowest BCUT2D eigenvalue weighted by atomic mass is 9.94. The zero-order valence-electron chi connectivity index (χ0n) is 10.2. The van der Waals surface area contributed by atoms with Crippen LogP contribution in [0.1, 0.15) is 24.5 Å². The SMILES string of the molecule is Cn1ccc(C2CCN(CCN=[N+]=[N-])CC2)n1. The van der Waals surface area contributed by atoms with Gasteiger partial charge in [0.15, 0.2) is 0 Å². The van der Waals surface area contributed by atoms with Gasteiger partial charge in [-0.15, -0.1) is 0 Å². The molecule has 6 nitrogen and oxygen atoms in total. The maximum Gasteiger partial charge on any atom is 0.0656 e. The normalized spacial score (nSPS) is 17.9. The van der Waals surface area contributed by atoms with Gasteiger partial charge in [0.05, 0.1) is 5.69 Å². The summed E-state index contributed by atoms with van der Waals surface area (Å²) in [6, 6.07) is 2.11. The second-order valence-corrected chi connectivity index (χ2v) is 4.48. The maximum atomic E-state index is 8.22. The van der Waals surface area contributed by atoms with Gasteiger partial charge in [-0.25, -0.2) is 0 Å². The average Bonchev–Trinajstić information content (AvgIpc) is 2.77. The Hall–Kier alpha value is -1.52. The molecule has 1 aromatic heterocycles. The van der Waals surface area contributed by atoms with E-state index in [1.807, 2.05) is 17.9 Å². The molecule has 0 radical (unpaired) electrons. The monoisotopic (exact) mass is 234 g/mol. The predicted octanol–water partition coefficient (Wildman–Crippen LogP) is 1.91. The fourth-order valence-corrected chi connectivity index (χ4v) is 2.33. The van der Waals surface area contributed by atoms with Gasteiger partial charge in [-0.2, -0.15) is 5.10 Å². The van der Waals surface area contributed by atoms with Crippen LogP contribution >= 0.6 is 0 Å². The van der Waals surface area contributed by atoms with Crippen LogP contribution in [-0.4, -0.2) is 40.9 Å². The summed E-state index contributed by atoms with van der Waals surface area (Å²) in [4.78, 5) is 5.13. The lowest BCUT2D eigenvalue weighted by molar-refractivity contribution is 0.216. The zero-order chi connectivity index (χ0) is 12.1. The Bertz CT molecular complexity index is 398. The third kappa shape index (κ3) is 3.22. The maximum absolute atomic E-state index is 8.22. The molecule has 0 aromatic carbocycles. The number of hydrogen-bond acceptors (Lipinski definition) is 3. The fraction of sp³-hybridized carbons (Fsp3) is 0.727. The number of rotatable bonds is 4. The molecular weight excluding hydrogens is 216 g/mol. The molecule has 0 amide bonds. The van der Waals surface area contributed by atoms with Gasteiger partial charge in [0.2, 0.25) is 0 Å². The summed E-state index contributed by atoms with van der Waals surface area (Å²) in [5.74, 6) is 0.590. The van der Waals surface area contributed by atoms with Crippen molar-refractivity contribution in [2.24, 2.45) is 12.2 Å². The van der Waals surface area contributed by atoms with E-state index >= 15 is 0 Å². The summed E-state index contributed by atoms with van der Waals surface area (Å²) in [5.41, 5.74) is 9.43. The first-order valence-electron chi connectivity index (χ1n) is 6.02. The van der Waals surface area contributed by atoms with E-state index < -0.39 is 0 Å². The smallest absolute Gasteiger partial charge is 0.0656 e. The molecule has 2 heterocycles. The second kappa shape index (κ2) is 5.70. The van der Waals surface area contributed by atoms with Gasteiger partial charge in [0, 0.05) is 37.2 Å². The number of nitrogens with zero attached hydrogens (tertiary/aromatic N) is 6. The quantitative estimate of drug-likeness (QED) is 0.453. The summed E-state index contributed by atoms with van der Waals surface area (Å²) in [6.45, 7) is 3.59. The molecule has 0 aliphatic carbocycles. The summed E-state index contributed by atoms with van der Waals surface area (Å²) < 4.78 is 1.86. The molecular formula is C11H18N6. The van der Waals surface area contributed by atoms with E-state index in [1.54, 1.807) is 0 Å². The summed E-state index contributed by atoms with van der Waals surface area (Å²) in [5, 5.41) is 8.04. The fourth-order valence-electron chi connectivity index (χ4n) is 2.33. The van der Waals surface area contributed by atoms with E-state index in [0.29, 0.717) is 12.5 Å². The van der Waals surface area contributed by atoms with E-state index in [9.17, 15) is 0 Å². The van der Waals surface area contributed by atoms with Crippen molar-refractivity contribution >= 4 is 0 Å². The first kappa shape index (κ1) is 12.0. The highest BCUT2D eigenvalue weighted by Crippen LogP contribution is 2.26. The lowest BCUT2D eigenvalue weighted by Crippen LogP contribution is -2.34. The number of likely N-dealkylation sites (tertiary alicyclic amines) is 1. The highest BCUT2D eigenvalue weighted by molar-refractivity contribution is 5.07. The Morgan fingerprint density at radius 2 is 2.29 bits per heavy atom. The van der Waals surface area contributed by atoms with E-state index in [4.69, 9.17) is 5.53 Å². The van der Waals surface area contributed by atoms with Gasteiger partial charge in [-0.1, -0.05) is 5.11 Å². The Balaban J connectivity index is 1.79. The van der Waals surface area contributed by atoms with Gasteiger partial charge in [-0.3, -0.25) is 4.68 Å². The number of aryl methyl sites for hydroxylation is 1. The van der Waals surface area contributed by atoms with E-state index in [1.165, 1.54) is 5.69 Å². The standard InChI is InChI=1S/C11H18N6/c1-16-6-4-11(14-16)10-2-7-17(8-3-10)9-5-13-15-12/h4,6,10H,2-3,5,7-9H2,1H3. The first-order chi connectivity index (χ1) is 8.29. The second-order valence-electron chi connectivity index (χ2n) is 4.48. The third-order valence-corrected chi connectivity index (χ3v) is 3.32. The topological polar surface area (TPSA) is 69.8 Å². The molecule has 6 heteroatoms. The van der Waals surface area contributed by atoms with Crippen molar-refractivity contribution in [3.05, 3.63) is 28.4 Å². The number of aromatic nitrogens is 2. The summed E-state index contributed by atoms with van der Waals surface area (Å²) in [6.07, 6.45) is 4.30. The van der Waals surface area contributed by atoms with Crippen molar-refractivity contribution < 1.29 is 0 Å². The number of hydrogen-bond donors (Lipinski definition) is 0. The molecule has 1 fully saturated rings. The molecule has 0 atom stereocenters. The molecule has 92 valence electrons. The van der Waals surface area contributed by atoms with Crippen molar-refractivity contribution in [2.75, 3.05) is 26.2 Å². The summed E-state index contributed by atoms with van der Waals surface area (Å²) in [7, 11) is 1.96. The molecule has 1 aliphatic rings. The number of piperidine rings is 1. The van der Waals surface area contributed by atoms with Gasteiger partial charge >= 0.3 is 0 Å². The van der Waals surface area contributed by atoms with Crippen molar-refractivity contribution in [3.63, 3.8) is 0 Å². The molecule has 1 aromatic rings. The molecule has 2 rings (SSSR count). The van der Waals surface area contributed by atoms with Crippen LogP contribution in [-0.2, 0) is 7.05 Å². The Labute approximate surface area is 101 Å². The molecule has 0 N–H and O–H groups in total. The van der Waals surface area contributed by atoms with Crippen molar-refractivity contribution in [3.8, 4) is 0 Å². The van der Waals surface area contributed by atoms with Gasteiger partial charge < -0.3 is 4.90 Å². The minimum Gasteiger partial charge on any atom is -0.303 e. The number of azide groups is 1. The van der Waals surface area contributed by atoms with Crippen molar-refractivity contribution in [2.45, 2.75) is 18.8 Å². The van der Waals surface area contributed by atoms with E-state index in [0.717, 1.165) is 32.5 Å². The zero-order valence-corrected chi connectivity index (χ0v) is 10.2. The Morgan fingerprint density at radius 1 is 1.53 bits per heavy atom. The Kier molecular flexibility index (Phi) is 4.01. The first-order valence-corrected chi connectivity index (χ1v) is 6.02. The minimum atomic E-state index is 0.574. The molecule has 0 spiro atoms. The van der Waals surface area contributed by atoms with Gasteiger partial charge in [0.1, 0.15) is 0 Å². The molecule has 0 saturated carbocycles. The molecule has 0 bridgehead atoms. The van der Waals surface area contributed by atoms with Crippen LogP contribution < -0.4 is 0 Å². The van der Waals surface area contributed by atoms with Crippen LogP contribution in [0.3, 0.4) is 0 Å². The van der Waals surface area contributed by atoms with Gasteiger partial charge in [-0.05, 0) is 37.5 Å². The summed E-state index contributed by atoms with van der Waals surface area (Å²) >= 11 is 0. The molecule has 17 heavy (non-hydrogen) atoms. The highest BCUT2D eigenvalue weighted by Gasteiger charge is 2.21. The van der Waals surface area contributed by atoms with Crippen molar-refractivity contribution in [1.29, 1.82) is 0 Å². The average molecular weight is 234 g/mol. The van der Waals surface area contributed by atoms with Crippen LogP contribution in [0.4, 0.5) is 0 Å². The van der Waals surface area contributed by atoms with E-state index in [2.05, 4.69) is 26.1 Å². The highest BCUT2D eigenvalue weighted by atomic mass is 15.3. The van der Waals surface area contributed by atoms with Crippen molar-refractivity contribution in [1.82, 2.24) is 14.7 Å². The minimum absolute atomic E-state index is 0.574. The third-order valence-electron chi connectivity index (χ3n) is 3.32. The van der Waals surface area contributed by atoms with Crippen LogP contribution in [0.5, 0.6) is 0 Å². The van der Waals surface area contributed by atoms with Crippen LogP contribution in [0.25, 0.3) is 10.4 Å². The largest absolute Gasteiger partial charge is 0.303 e. The van der Waals surface area contributed by atoms with Crippen LogP contribution in [0.15, 0.2) is 17.4 Å². The lowest BCUT2D eigenvalue weighted by Gasteiger charge is -2.30. The molecule has 1 saturated heterocycles. The van der Waals surface area contributed by atoms with E-state index in [-0.39, 0.29) is 0 Å². The Morgan fingerprint density at radius 3 is 2.88 bits per heavy atom. The van der Waals surface area contributed by atoms with Gasteiger partial charge in [0.25, 0.3) is 0 Å². The predicted molar refractivity (Wildman–Crippen MR) is 65.6 cm³/mol. The van der Waals surface area contributed by atoms with Crippen LogP contribution in [0, 0.1) is 0 Å². The molecule has 0 unspecified atom stereocenters. The molecule has 1 aliphatic heterocycles. The van der Waals surface area contributed by atoms with Crippen LogP contribution in [0.2, 0.25) is 0 Å².